The highest BCUT2D eigenvalue weighted by Crippen LogP contribution is 2.38. The van der Waals surface area contributed by atoms with Crippen LogP contribution in [0.1, 0.15) is 27.8 Å². The SMILES string of the molecule is CCOC(=O)c1nn(-c2ccccc2)c(=O)cc1NC(=O)c1cc(OC)c(OC)c(OC)c1. The van der Waals surface area contributed by atoms with Crippen molar-refractivity contribution >= 4 is 17.6 Å². The first-order chi connectivity index (χ1) is 15.9. The van der Waals surface area contributed by atoms with Crippen LogP contribution in [-0.4, -0.2) is 49.6 Å². The van der Waals surface area contributed by atoms with Gasteiger partial charge in [-0.1, -0.05) is 18.2 Å². The second-order valence-corrected chi connectivity index (χ2v) is 6.58. The fourth-order valence-electron chi connectivity index (χ4n) is 3.06. The molecule has 0 spiro atoms. The maximum atomic E-state index is 13.0. The van der Waals surface area contributed by atoms with Gasteiger partial charge in [0.2, 0.25) is 5.75 Å². The molecule has 3 rings (SSSR count). The molecule has 0 fully saturated rings. The first-order valence-corrected chi connectivity index (χ1v) is 9.91. The standard InChI is InChI=1S/C23H23N3O7/c1-5-33-23(29)20-16(13-19(27)26(25-20)15-9-7-6-8-10-15)24-22(28)14-11-17(30-2)21(32-4)18(12-14)31-3/h6-13H,5H2,1-4H3,(H,24,28). The van der Waals surface area contributed by atoms with Gasteiger partial charge in [-0.25, -0.2) is 4.79 Å². The Morgan fingerprint density at radius 1 is 0.970 bits per heavy atom. The Morgan fingerprint density at radius 3 is 2.15 bits per heavy atom. The topological polar surface area (TPSA) is 118 Å². The summed E-state index contributed by atoms with van der Waals surface area (Å²) in [5.74, 6) is -0.563. The fourth-order valence-corrected chi connectivity index (χ4v) is 3.06. The summed E-state index contributed by atoms with van der Waals surface area (Å²) < 4.78 is 21.9. The number of aromatic nitrogens is 2. The van der Waals surface area contributed by atoms with E-state index in [9.17, 15) is 14.4 Å². The molecule has 1 amide bonds. The lowest BCUT2D eigenvalue weighted by atomic mass is 10.1. The number of ether oxygens (including phenoxy) is 4. The molecule has 10 nitrogen and oxygen atoms in total. The summed E-state index contributed by atoms with van der Waals surface area (Å²) >= 11 is 0. The minimum atomic E-state index is -0.789. The number of nitrogens with one attached hydrogen (secondary N) is 1. The predicted octanol–water partition coefficient (Wildman–Crippen LogP) is 2.69. The van der Waals surface area contributed by atoms with Crippen LogP contribution < -0.4 is 25.1 Å². The number of anilines is 1. The van der Waals surface area contributed by atoms with Crippen LogP contribution >= 0.6 is 0 Å². The lowest BCUT2D eigenvalue weighted by molar-refractivity contribution is 0.0518. The fraction of sp³-hybridized carbons (Fsp3) is 0.217. The van der Waals surface area contributed by atoms with Crippen molar-refractivity contribution in [3.8, 4) is 22.9 Å². The smallest absolute Gasteiger partial charge is 0.360 e. The second kappa shape index (κ2) is 10.3. The van der Waals surface area contributed by atoms with Crippen LogP contribution in [0.15, 0.2) is 53.3 Å². The highest BCUT2D eigenvalue weighted by atomic mass is 16.5. The molecule has 0 unspecified atom stereocenters. The average molecular weight is 453 g/mol. The lowest BCUT2D eigenvalue weighted by Crippen LogP contribution is -2.27. The molecule has 0 saturated heterocycles. The van der Waals surface area contributed by atoms with Gasteiger partial charge in [0, 0.05) is 11.6 Å². The molecule has 33 heavy (non-hydrogen) atoms. The van der Waals surface area contributed by atoms with Gasteiger partial charge in [-0.3, -0.25) is 9.59 Å². The van der Waals surface area contributed by atoms with Crippen LogP contribution in [0.3, 0.4) is 0 Å². The quantitative estimate of drug-likeness (QED) is 0.517. The van der Waals surface area contributed by atoms with Crippen molar-refractivity contribution in [2.45, 2.75) is 6.92 Å². The Hall–Kier alpha value is -4.34. The maximum Gasteiger partial charge on any atom is 0.360 e. The van der Waals surface area contributed by atoms with E-state index in [4.69, 9.17) is 18.9 Å². The van der Waals surface area contributed by atoms with Crippen molar-refractivity contribution in [2.75, 3.05) is 33.3 Å². The third-order valence-electron chi connectivity index (χ3n) is 4.58. The van der Waals surface area contributed by atoms with Crippen LogP contribution in [0.25, 0.3) is 5.69 Å². The molecular weight excluding hydrogens is 430 g/mol. The number of esters is 1. The van der Waals surface area contributed by atoms with Crippen molar-refractivity contribution in [2.24, 2.45) is 0 Å². The van der Waals surface area contributed by atoms with Gasteiger partial charge in [0.1, 0.15) is 0 Å². The van der Waals surface area contributed by atoms with Crippen LogP contribution in [0.5, 0.6) is 17.2 Å². The first kappa shape index (κ1) is 23.3. The number of rotatable bonds is 8. The van der Waals surface area contributed by atoms with Crippen LogP contribution in [0, 0.1) is 0 Å². The Morgan fingerprint density at radius 2 is 1.61 bits per heavy atom. The zero-order valence-electron chi connectivity index (χ0n) is 18.6. The summed E-state index contributed by atoms with van der Waals surface area (Å²) in [6, 6.07) is 12.6. The number of nitrogens with zero attached hydrogens (tertiary/aromatic N) is 2. The summed E-state index contributed by atoms with van der Waals surface area (Å²) in [5, 5.41) is 6.71. The summed E-state index contributed by atoms with van der Waals surface area (Å²) in [5.41, 5.74) is -0.262. The van der Waals surface area contributed by atoms with E-state index >= 15 is 0 Å². The summed E-state index contributed by atoms with van der Waals surface area (Å²) in [7, 11) is 4.29. The zero-order valence-corrected chi connectivity index (χ0v) is 18.6. The molecule has 0 bridgehead atoms. The summed E-state index contributed by atoms with van der Waals surface area (Å²) in [6.45, 7) is 1.73. The number of carbonyl (C=O) groups excluding carboxylic acids is 2. The van der Waals surface area contributed by atoms with Crippen molar-refractivity contribution < 1.29 is 28.5 Å². The predicted molar refractivity (Wildman–Crippen MR) is 120 cm³/mol. The van der Waals surface area contributed by atoms with Crippen LogP contribution in [-0.2, 0) is 4.74 Å². The minimum absolute atomic E-state index is 0.0885. The molecule has 0 aliphatic carbocycles. The van der Waals surface area contributed by atoms with Gasteiger partial charge in [-0.15, -0.1) is 0 Å². The third-order valence-corrected chi connectivity index (χ3v) is 4.58. The van der Waals surface area contributed by atoms with E-state index < -0.39 is 17.4 Å². The number of carbonyl (C=O) groups is 2. The third kappa shape index (κ3) is 4.95. The van der Waals surface area contributed by atoms with E-state index in [0.717, 1.165) is 10.7 Å². The molecule has 1 aromatic heterocycles. The van der Waals surface area contributed by atoms with Crippen molar-refractivity contribution in [3.63, 3.8) is 0 Å². The van der Waals surface area contributed by atoms with Crippen molar-refractivity contribution in [1.29, 1.82) is 0 Å². The number of para-hydroxylation sites is 1. The summed E-state index contributed by atoms with van der Waals surface area (Å²) in [4.78, 5) is 38.3. The molecule has 1 heterocycles. The van der Waals surface area contributed by atoms with Gasteiger partial charge < -0.3 is 24.3 Å². The van der Waals surface area contributed by atoms with Crippen molar-refractivity contribution in [3.05, 3.63) is 70.1 Å². The average Bonchev–Trinajstić information content (AvgIpc) is 2.83. The number of methoxy groups -OCH3 is 3. The first-order valence-electron chi connectivity index (χ1n) is 9.91. The molecule has 0 radical (unpaired) electrons. The lowest BCUT2D eigenvalue weighted by Gasteiger charge is -2.15. The number of benzene rings is 2. The van der Waals surface area contributed by atoms with Gasteiger partial charge >= 0.3 is 5.97 Å². The molecule has 10 heteroatoms. The molecule has 0 aliphatic heterocycles. The Kier molecular flexibility index (Phi) is 7.29. The molecular formula is C23H23N3O7. The number of amides is 1. The Bertz CT molecular complexity index is 1200. The summed E-state index contributed by atoms with van der Waals surface area (Å²) in [6.07, 6.45) is 0. The molecule has 0 atom stereocenters. The highest BCUT2D eigenvalue weighted by Gasteiger charge is 2.22. The van der Waals surface area contributed by atoms with Crippen LogP contribution in [0.4, 0.5) is 5.69 Å². The van der Waals surface area contributed by atoms with Gasteiger partial charge in [0.05, 0.1) is 39.3 Å². The molecule has 172 valence electrons. The van der Waals surface area contributed by atoms with Gasteiger partial charge in [0.25, 0.3) is 11.5 Å². The molecule has 1 N–H and O–H groups in total. The van der Waals surface area contributed by atoms with Gasteiger partial charge in [-0.05, 0) is 31.2 Å². The Labute approximate surface area is 189 Å². The van der Waals surface area contributed by atoms with E-state index in [2.05, 4.69) is 10.4 Å². The second-order valence-electron chi connectivity index (χ2n) is 6.58. The molecule has 3 aromatic rings. The number of hydrogen-bond donors (Lipinski definition) is 1. The normalized spacial score (nSPS) is 10.3. The van der Waals surface area contributed by atoms with Crippen LogP contribution in [0.2, 0.25) is 0 Å². The van der Waals surface area contributed by atoms with E-state index in [1.54, 1.807) is 37.3 Å². The Balaban J connectivity index is 2.06. The monoisotopic (exact) mass is 453 g/mol. The van der Waals surface area contributed by atoms with Gasteiger partial charge in [-0.2, -0.15) is 9.78 Å². The van der Waals surface area contributed by atoms with E-state index in [0.29, 0.717) is 11.4 Å². The highest BCUT2D eigenvalue weighted by molar-refractivity contribution is 6.08. The van der Waals surface area contributed by atoms with Gasteiger partial charge in [0.15, 0.2) is 17.2 Å². The van der Waals surface area contributed by atoms with E-state index in [-0.39, 0.29) is 35.1 Å². The molecule has 2 aromatic carbocycles. The maximum absolute atomic E-state index is 13.0. The van der Waals surface area contributed by atoms with E-state index in [1.165, 1.54) is 33.5 Å². The molecule has 0 saturated carbocycles. The number of hydrogen-bond acceptors (Lipinski definition) is 8. The molecule has 0 aliphatic rings. The van der Waals surface area contributed by atoms with E-state index in [1.807, 2.05) is 0 Å². The zero-order chi connectivity index (χ0) is 24.0. The minimum Gasteiger partial charge on any atom is -0.493 e. The largest absolute Gasteiger partial charge is 0.493 e. The van der Waals surface area contributed by atoms with Crippen molar-refractivity contribution in [1.82, 2.24) is 9.78 Å².